The summed E-state index contributed by atoms with van der Waals surface area (Å²) in [5.74, 6) is 0. The summed E-state index contributed by atoms with van der Waals surface area (Å²) in [7, 11) is 0. The molecule has 0 saturated heterocycles. The molecule has 0 radical (unpaired) electrons. The molecule has 14 heavy (non-hydrogen) atoms. The summed E-state index contributed by atoms with van der Waals surface area (Å²) >= 11 is 10.4. The van der Waals surface area contributed by atoms with E-state index < -0.39 is 34.3 Å². The summed E-state index contributed by atoms with van der Waals surface area (Å²) in [5, 5.41) is 4.50. The molecular formula is C6H2Cl2F4N2. The molecule has 2 nitrogen and oxygen atoms in total. The number of rotatable bonds is 2. The van der Waals surface area contributed by atoms with E-state index >= 15 is 0 Å². The van der Waals surface area contributed by atoms with Crippen molar-refractivity contribution >= 4 is 23.2 Å². The molecule has 0 amide bonds. The average molecular weight is 249 g/mol. The van der Waals surface area contributed by atoms with Crippen LogP contribution < -0.4 is 0 Å². The van der Waals surface area contributed by atoms with Crippen LogP contribution in [0.25, 0.3) is 0 Å². The normalized spacial score (nSPS) is 11.4. The van der Waals surface area contributed by atoms with Crippen molar-refractivity contribution in [2.24, 2.45) is 0 Å². The summed E-state index contributed by atoms with van der Waals surface area (Å²) < 4.78 is 49.1. The fraction of sp³-hybridized carbons (Fsp3) is 0.333. The van der Waals surface area contributed by atoms with Gasteiger partial charge in [0.05, 0.1) is 11.1 Å². The van der Waals surface area contributed by atoms with Gasteiger partial charge in [0.15, 0.2) is 10.3 Å². The van der Waals surface area contributed by atoms with E-state index in [1.54, 1.807) is 0 Å². The summed E-state index contributed by atoms with van der Waals surface area (Å²) in [6.07, 6.45) is -6.33. The van der Waals surface area contributed by atoms with Crippen molar-refractivity contribution in [1.82, 2.24) is 10.2 Å². The van der Waals surface area contributed by atoms with E-state index in [1.807, 2.05) is 0 Å². The van der Waals surface area contributed by atoms with Gasteiger partial charge in [0.25, 0.3) is 12.9 Å². The van der Waals surface area contributed by atoms with E-state index in [9.17, 15) is 17.6 Å². The van der Waals surface area contributed by atoms with Crippen LogP contribution in [-0.4, -0.2) is 10.2 Å². The largest absolute Gasteiger partial charge is 0.267 e. The highest BCUT2D eigenvalue weighted by molar-refractivity contribution is 6.32. The third kappa shape index (κ3) is 2.06. The van der Waals surface area contributed by atoms with Crippen LogP contribution >= 0.6 is 23.2 Å². The van der Waals surface area contributed by atoms with Crippen LogP contribution in [0.5, 0.6) is 0 Å². The van der Waals surface area contributed by atoms with Crippen molar-refractivity contribution in [1.29, 1.82) is 0 Å². The summed E-state index contributed by atoms with van der Waals surface area (Å²) in [4.78, 5) is 0. The maximum atomic E-state index is 12.3. The van der Waals surface area contributed by atoms with Gasteiger partial charge in [0, 0.05) is 0 Å². The van der Waals surface area contributed by atoms with Crippen LogP contribution in [0.1, 0.15) is 24.0 Å². The van der Waals surface area contributed by atoms with Gasteiger partial charge in [-0.3, -0.25) is 0 Å². The average Bonchev–Trinajstić information content (AvgIpc) is 2.07. The highest BCUT2D eigenvalue weighted by atomic mass is 35.5. The number of aromatic nitrogens is 2. The summed E-state index contributed by atoms with van der Waals surface area (Å²) in [6.45, 7) is 0. The van der Waals surface area contributed by atoms with Crippen LogP contribution in [0.15, 0.2) is 0 Å². The van der Waals surface area contributed by atoms with Crippen molar-refractivity contribution in [2.45, 2.75) is 12.9 Å². The Balaban J connectivity index is 3.42. The molecular weight excluding hydrogens is 247 g/mol. The molecule has 0 aromatic carbocycles. The summed E-state index contributed by atoms with van der Waals surface area (Å²) in [5.41, 5.74) is -2.14. The third-order valence-electron chi connectivity index (χ3n) is 1.40. The highest BCUT2D eigenvalue weighted by Gasteiger charge is 2.27. The number of alkyl halides is 4. The molecule has 1 heterocycles. The zero-order valence-electron chi connectivity index (χ0n) is 6.32. The smallest absolute Gasteiger partial charge is 0.205 e. The van der Waals surface area contributed by atoms with Gasteiger partial charge in [-0.15, -0.1) is 10.2 Å². The molecule has 0 fully saturated rings. The van der Waals surface area contributed by atoms with Gasteiger partial charge in [0.2, 0.25) is 0 Å². The lowest BCUT2D eigenvalue weighted by atomic mass is 10.2. The number of hydrogen-bond acceptors (Lipinski definition) is 2. The standard InChI is InChI=1S/C6H2Cl2F4N2/c7-3-1(5(9)10)2(6(11)12)4(8)14-13-3/h5-6H. The van der Waals surface area contributed by atoms with Gasteiger partial charge in [0.1, 0.15) is 0 Å². The first-order valence-electron chi connectivity index (χ1n) is 3.23. The van der Waals surface area contributed by atoms with E-state index in [2.05, 4.69) is 10.2 Å². The van der Waals surface area contributed by atoms with E-state index in [1.165, 1.54) is 0 Å². The predicted molar refractivity (Wildman–Crippen MR) is 42.0 cm³/mol. The van der Waals surface area contributed by atoms with Crippen molar-refractivity contribution in [3.05, 3.63) is 21.4 Å². The molecule has 0 aliphatic heterocycles. The monoisotopic (exact) mass is 248 g/mol. The zero-order valence-corrected chi connectivity index (χ0v) is 7.83. The maximum Gasteiger partial charge on any atom is 0.267 e. The zero-order chi connectivity index (χ0) is 10.9. The van der Waals surface area contributed by atoms with Crippen LogP contribution in [0.2, 0.25) is 10.3 Å². The van der Waals surface area contributed by atoms with E-state index in [-0.39, 0.29) is 0 Å². The van der Waals surface area contributed by atoms with Crippen molar-refractivity contribution in [3.63, 3.8) is 0 Å². The van der Waals surface area contributed by atoms with E-state index in [4.69, 9.17) is 23.2 Å². The minimum absolute atomic E-state index is 0.764. The molecule has 0 bridgehead atoms. The van der Waals surface area contributed by atoms with E-state index in [0.717, 1.165) is 0 Å². The lowest BCUT2D eigenvalue weighted by molar-refractivity contribution is 0.123. The first-order chi connectivity index (χ1) is 6.45. The van der Waals surface area contributed by atoms with Gasteiger partial charge in [-0.1, -0.05) is 23.2 Å². The number of halogens is 6. The second-order valence-electron chi connectivity index (χ2n) is 2.21. The molecule has 0 unspecified atom stereocenters. The Morgan fingerprint density at radius 2 is 1.07 bits per heavy atom. The number of hydrogen-bond donors (Lipinski definition) is 0. The molecule has 0 aliphatic rings. The molecule has 0 atom stereocenters. The SMILES string of the molecule is FC(F)c1c(Cl)nnc(Cl)c1C(F)F. The molecule has 1 aromatic heterocycles. The Bertz CT molecular complexity index is 312. The molecule has 8 heteroatoms. The molecule has 0 spiro atoms. The molecule has 0 N–H and O–H groups in total. The van der Waals surface area contributed by atoms with Gasteiger partial charge >= 0.3 is 0 Å². The fourth-order valence-corrected chi connectivity index (χ4v) is 1.28. The Morgan fingerprint density at radius 1 is 0.786 bits per heavy atom. The van der Waals surface area contributed by atoms with Crippen LogP contribution in [-0.2, 0) is 0 Å². The third-order valence-corrected chi connectivity index (χ3v) is 1.96. The van der Waals surface area contributed by atoms with Gasteiger partial charge in [-0.2, -0.15) is 0 Å². The van der Waals surface area contributed by atoms with Gasteiger partial charge in [-0.25, -0.2) is 17.6 Å². The second kappa shape index (κ2) is 4.27. The first-order valence-corrected chi connectivity index (χ1v) is 3.98. The lowest BCUT2D eigenvalue weighted by Gasteiger charge is -2.09. The maximum absolute atomic E-state index is 12.3. The highest BCUT2D eigenvalue weighted by Crippen LogP contribution is 2.37. The van der Waals surface area contributed by atoms with E-state index in [0.29, 0.717) is 0 Å². The van der Waals surface area contributed by atoms with Crippen LogP contribution in [0.3, 0.4) is 0 Å². The second-order valence-corrected chi connectivity index (χ2v) is 2.93. The van der Waals surface area contributed by atoms with Crippen LogP contribution in [0.4, 0.5) is 17.6 Å². The Morgan fingerprint density at radius 3 is 1.29 bits per heavy atom. The Kier molecular flexibility index (Phi) is 3.49. The minimum atomic E-state index is -3.17. The fourth-order valence-electron chi connectivity index (χ4n) is 0.833. The Labute approximate surface area is 85.8 Å². The predicted octanol–water partition coefficient (Wildman–Crippen LogP) is 3.66. The summed E-state index contributed by atoms with van der Waals surface area (Å²) in [6, 6.07) is 0. The van der Waals surface area contributed by atoms with Gasteiger partial charge in [-0.05, 0) is 0 Å². The molecule has 1 aromatic rings. The van der Waals surface area contributed by atoms with Gasteiger partial charge < -0.3 is 0 Å². The van der Waals surface area contributed by atoms with Crippen molar-refractivity contribution in [2.75, 3.05) is 0 Å². The van der Waals surface area contributed by atoms with Crippen molar-refractivity contribution < 1.29 is 17.6 Å². The number of nitrogens with zero attached hydrogens (tertiary/aromatic N) is 2. The molecule has 78 valence electrons. The lowest BCUT2D eigenvalue weighted by Crippen LogP contribution is -2.02. The topological polar surface area (TPSA) is 25.8 Å². The minimum Gasteiger partial charge on any atom is -0.205 e. The van der Waals surface area contributed by atoms with Crippen LogP contribution in [0, 0.1) is 0 Å². The first kappa shape index (κ1) is 11.5. The molecule has 0 saturated carbocycles. The quantitative estimate of drug-likeness (QED) is 0.747. The molecule has 0 aliphatic carbocycles. The molecule has 1 rings (SSSR count). The Hall–Kier alpha value is -0.620. The van der Waals surface area contributed by atoms with Crippen molar-refractivity contribution in [3.8, 4) is 0 Å².